The van der Waals surface area contributed by atoms with E-state index in [1.165, 1.54) is 51.4 Å². The zero-order chi connectivity index (χ0) is 16.5. The highest BCUT2D eigenvalue weighted by molar-refractivity contribution is 4.91. The summed E-state index contributed by atoms with van der Waals surface area (Å²) >= 11 is 0. The van der Waals surface area contributed by atoms with Crippen molar-refractivity contribution in [2.24, 2.45) is 28.7 Å². The molecule has 0 aromatic heterocycles. The molecule has 2 fully saturated rings. The van der Waals surface area contributed by atoms with Gasteiger partial charge in [-0.2, -0.15) is 0 Å². The van der Waals surface area contributed by atoms with Gasteiger partial charge in [-0.25, -0.2) is 0 Å². The molecule has 0 atom stereocenters. The zero-order valence-corrected chi connectivity index (χ0v) is 15.6. The molecule has 0 aromatic carbocycles. The zero-order valence-electron chi connectivity index (χ0n) is 15.6. The van der Waals surface area contributed by atoms with Crippen LogP contribution in [0.5, 0.6) is 0 Å². The first kappa shape index (κ1) is 20.9. The van der Waals surface area contributed by atoms with Gasteiger partial charge < -0.3 is 11.5 Å². The summed E-state index contributed by atoms with van der Waals surface area (Å²) < 4.78 is 0. The first-order valence-electron chi connectivity index (χ1n) is 9.51. The van der Waals surface area contributed by atoms with Crippen molar-refractivity contribution in [2.45, 2.75) is 105 Å². The van der Waals surface area contributed by atoms with Crippen molar-refractivity contribution < 1.29 is 0 Å². The van der Waals surface area contributed by atoms with Crippen LogP contribution in [0.4, 0.5) is 0 Å². The molecule has 4 N–H and O–H groups in total. The van der Waals surface area contributed by atoms with Crippen molar-refractivity contribution >= 4 is 0 Å². The van der Waals surface area contributed by atoms with E-state index in [1.807, 2.05) is 27.7 Å². The quantitative estimate of drug-likeness (QED) is 0.745. The van der Waals surface area contributed by atoms with Gasteiger partial charge in [0.15, 0.2) is 0 Å². The molecule has 0 amide bonds. The number of nitrogens with two attached hydrogens (primary N) is 2. The Balaban J connectivity index is 0.000000921. The summed E-state index contributed by atoms with van der Waals surface area (Å²) in [5.41, 5.74) is 12.5. The molecule has 0 aromatic rings. The molecule has 0 unspecified atom stereocenters. The van der Waals surface area contributed by atoms with Crippen LogP contribution in [-0.2, 0) is 0 Å². The van der Waals surface area contributed by atoms with Crippen molar-refractivity contribution in [1.82, 2.24) is 0 Å². The van der Waals surface area contributed by atoms with Crippen LogP contribution in [0.25, 0.3) is 0 Å². The van der Waals surface area contributed by atoms with Crippen molar-refractivity contribution in [3.8, 4) is 0 Å². The first-order valence-corrected chi connectivity index (χ1v) is 9.51. The summed E-state index contributed by atoms with van der Waals surface area (Å²) in [5, 5.41) is 0. The van der Waals surface area contributed by atoms with Gasteiger partial charge in [-0.15, -0.1) is 0 Å². The lowest BCUT2D eigenvalue weighted by atomic mass is 9.60. The summed E-state index contributed by atoms with van der Waals surface area (Å²) in [4.78, 5) is 0. The third kappa shape index (κ3) is 6.28. The van der Waals surface area contributed by atoms with Crippen LogP contribution in [0.15, 0.2) is 0 Å². The summed E-state index contributed by atoms with van der Waals surface area (Å²) in [6, 6.07) is 0.948. The fourth-order valence-corrected chi connectivity index (χ4v) is 4.06. The average Bonchev–Trinajstić information content (AvgIpc) is 2.52. The molecule has 128 valence electrons. The van der Waals surface area contributed by atoms with Crippen LogP contribution in [0.3, 0.4) is 0 Å². The molecule has 0 radical (unpaired) electrons. The summed E-state index contributed by atoms with van der Waals surface area (Å²) in [6.45, 7) is 13.0. The Kier molecular flexibility index (Phi) is 10.6. The normalized spacial score (nSPS) is 33.1. The highest BCUT2D eigenvalue weighted by Crippen LogP contribution is 2.47. The van der Waals surface area contributed by atoms with Crippen molar-refractivity contribution in [3.63, 3.8) is 0 Å². The maximum atomic E-state index is 6.02. The first-order chi connectivity index (χ1) is 10.00. The SMILES string of the molecule is CC.CC.CC(C)(C1CCC(N)CC1)C1CCC(N)CC1. The van der Waals surface area contributed by atoms with Crippen LogP contribution in [-0.4, -0.2) is 12.1 Å². The smallest absolute Gasteiger partial charge is 0.00390 e. The van der Waals surface area contributed by atoms with Crippen LogP contribution < -0.4 is 11.5 Å². The fraction of sp³-hybridized carbons (Fsp3) is 1.00. The predicted octanol–water partition coefficient (Wildman–Crippen LogP) is 5.10. The topological polar surface area (TPSA) is 52.0 Å². The van der Waals surface area contributed by atoms with Crippen LogP contribution in [0.1, 0.15) is 92.9 Å². The molecule has 2 saturated carbocycles. The van der Waals surface area contributed by atoms with Gasteiger partial charge in [0.2, 0.25) is 0 Å². The Morgan fingerprint density at radius 1 is 0.571 bits per heavy atom. The Morgan fingerprint density at radius 2 is 0.810 bits per heavy atom. The number of hydrogen-bond donors (Lipinski definition) is 2. The summed E-state index contributed by atoms with van der Waals surface area (Å²) in [5.74, 6) is 1.78. The molecule has 2 nitrogen and oxygen atoms in total. The molecule has 2 heteroatoms. The number of hydrogen-bond acceptors (Lipinski definition) is 2. The maximum absolute atomic E-state index is 6.02. The van der Waals surface area contributed by atoms with Crippen LogP contribution >= 0.6 is 0 Å². The van der Waals surface area contributed by atoms with Gasteiger partial charge in [-0.3, -0.25) is 0 Å². The fourth-order valence-electron chi connectivity index (χ4n) is 4.06. The van der Waals surface area contributed by atoms with E-state index in [1.54, 1.807) is 0 Å². The lowest BCUT2D eigenvalue weighted by Crippen LogP contribution is -2.40. The Hall–Kier alpha value is -0.0800. The standard InChI is InChI=1S/C15H30N2.2C2H6/c1-15(2,11-3-7-13(16)8-4-11)12-5-9-14(17)10-6-12;2*1-2/h11-14H,3-10,16-17H2,1-2H3;2*1-2H3. The van der Waals surface area contributed by atoms with E-state index >= 15 is 0 Å². The highest BCUT2D eigenvalue weighted by atomic mass is 14.7. The molecule has 2 aliphatic rings. The summed E-state index contributed by atoms with van der Waals surface area (Å²) in [6.07, 6.45) is 10.3. The van der Waals surface area contributed by atoms with Gasteiger partial charge in [0.05, 0.1) is 0 Å². The Bertz CT molecular complexity index is 210. The van der Waals surface area contributed by atoms with Crippen LogP contribution in [0, 0.1) is 17.3 Å². The Morgan fingerprint density at radius 3 is 1.05 bits per heavy atom. The van der Waals surface area contributed by atoms with E-state index in [0.717, 1.165) is 11.8 Å². The van der Waals surface area contributed by atoms with E-state index in [-0.39, 0.29) is 0 Å². The molecule has 0 aliphatic heterocycles. The van der Waals surface area contributed by atoms with Gasteiger partial charge in [-0.05, 0) is 68.6 Å². The third-order valence-corrected chi connectivity index (χ3v) is 5.65. The second-order valence-electron chi connectivity index (χ2n) is 7.04. The molecule has 0 spiro atoms. The highest BCUT2D eigenvalue weighted by Gasteiger charge is 2.39. The number of rotatable bonds is 2. The van der Waals surface area contributed by atoms with Crippen LogP contribution in [0.2, 0.25) is 0 Å². The van der Waals surface area contributed by atoms with E-state index in [9.17, 15) is 0 Å². The summed E-state index contributed by atoms with van der Waals surface area (Å²) in [7, 11) is 0. The minimum Gasteiger partial charge on any atom is -0.328 e. The molecule has 0 saturated heterocycles. The largest absolute Gasteiger partial charge is 0.328 e. The molecule has 0 bridgehead atoms. The minimum atomic E-state index is 0.474. The third-order valence-electron chi connectivity index (χ3n) is 5.65. The van der Waals surface area contributed by atoms with E-state index in [0.29, 0.717) is 17.5 Å². The van der Waals surface area contributed by atoms with Gasteiger partial charge >= 0.3 is 0 Å². The molecular weight excluding hydrogens is 256 g/mol. The second kappa shape index (κ2) is 10.6. The monoisotopic (exact) mass is 298 g/mol. The lowest BCUT2D eigenvalue weighted by Gasteiger charge is -2.46. The van der Waals surface area contributed by atoms with Crippen molar-refractivity contribution in [3.05, 3.63) is 0 Å². The minimum absolute atomic E-state index is 0.474. The van der Waals surface area contributed by atoms with Crippen molar-refractivity contribution in [1.29, 1.82) is 0 Å². The molecule has 0 heterocycles. The van der Waals surface area contributed by atoms with E-state index < -0.39 is 0 Å². The Labute approximate surface area is 134 Å². The van der Waals surface area contributed by atoms with Gasteiger partial charge in [0.25, 0.3) is 0 Å². The predicted molar refractivity (Wildman–Crippen MR) is 96.3 cm³/mol. The molecule has 2 rings (SSSR count). The molecule has 2 aliphatic carbocycles. The lowest BCUT2D eigenvalue weighted by molar-refractivity contribution is 0.0523. The van der Waals surface area contributed by atoms with Gasteiger partial charge in [-0.1, -0.05) is 41.5 Å². The van der Waals surface area contributed by atoms with E-state index in [4.69, 9.17) is 11.5 Å². The molecule has 21 heavy (non-hydrogen) atoms. The van der Waals surface area contributed by atoms with E-state index in [2.05, 4.69) is 13.8 Å². The second-order valence-corrected chi connectivity index (χ2v) is 7.04. The average molecular weight is 299 g/mol. The molecular formula is C19H42N2. The maximum Gasteiger partial charge on any atom is 0.00390 e. The van der Waals surface area contributed by atoms with Gasteiger partial charge in [0.1, 0.15) is 0 Å². The van der Waals surface area contributed by atoms with Gasteiger partial charge in [0, 0.05) is 12.1 Å². The van der Waals surface area contributed by atoms with Crippen molar-refractivity contribution in [2.75, 3.05) is 0 Å².